The molecule has 0 aromatic heterocycles. The van der Waals surface area contributed by atoms with E-state index >= 15 is 0 Å². The zero-order valence-electron chi connectivity index (χ0n) is 17.2. The van der Waals surface area contributed by atoms with Gasteiger partial charge >= 0.3 is 5.97 Å². The second-order valence-electron chi connectivity index (χ2n) is 10.4. The molecule has 4 rings (SSSR count). The number of fused-ring (bicyclic) bond motifs is 5. The second kappa shape index (κ2) is 6.50. The average molecular weight is 363 g/mol. The highest BCUT2D eigenvalue weighted by Gasteiger charge is 2.64. The highest BCUT2D eigenvalue weighted by molar-refractivity contribution is 5.66. The summed E-state index contributed by atoms with van der Waals surface area (Å²) in [5, 5.41) is 10.2. The van der Waals surface area contributed by atoms with E-state index in [0.29, 0.717) is 23.2 Å². The maximum atomic E-state index is 12.0. The Hall–Kier alpha value is -0.570. The minimum absolute atomic E-state index is 0.0937. The normalized spacial score (nSPS) is 53.3. The van der Waals surface area contributed by atoms with Crippen LogP contribution in [0.15, 0.2) is 0 Å². The third-order valence-corrected chi connectivity index (χ3v) is 9.74. The van der Waals surface area contributed by atoms with Crippen molar-refractivity contribution in [1.29, 1.82) is 0 Å². The van der Waals surface area contributed by atoms with Crippen molar-refractivity contribution in [3.05, 3.63) is 0 Å². The van der Waals surface area contributed by atoms with Crippen LogP contribution in [0.3, 0.4) is 0 Å². The molecule has 0 saturated heterocycles. The average Bonchev–Trinajstić information content (AvgIpc) is 2.94. The fourth-order valence-electron chi connectivity index (χ4n) is 8.49. The van der Waals surface area contributed by atoms with E-state index in [1.54, 1.807) is 6.92 Å². The lowest BCUT2D eigenvalue weighted by Crippen LogP contribution is -2.59. The molecule has 0 heterocycles. The lowest BCUT2D eigenvalue weighted by Gasteiger charge is -2.63. The van der Waals surface area contributed by atoms with E-state index in [-0.39, 0.29) is 23.6 Å². The number of esters is 1. The van der Waals surface area contributed by atoms with Gasteiger partial charge in [-0.3, -0.25) is 4.79 Å². The van der Waals surface area contributed by atoms with E-state index in [2.05, 4.69) is 20.8 Å². The van der Waals surface area contributed by atoms with Gasteiger partial charge in [0.05, 0.1) is 6.10 Å². The number of carbonyl (C=O) groups is 1. The Bertz CT molecular complexity index is 560. The molecule has 148 valence electrons. The Balaban J connectivity index is 1.71. The topological polar surface area (TPSA) is 46.5 Å². The van der Waals surface area contributed by atoms with Crippen molar-refractivity contribution in [1.82, 2.24) is 0 Å². The van der Waals surface area contributed by atoms with Crippen molar-refractivity contribution in [2.45, 2.75) is 97.7 Å². The summed E-state index contributed by atoms with van der Waals surface area (Å²) < 4.78 is 6.08. The molecule has 1 N–H and O–H groups in total. The molecular formula is C23H38O3. The number of hydrogen-bond donors (Lipinski definition) is 1. The molecule has 4 aliphatic rings. The molecule has 0 bridgehead atoms. The van der Waals surface area contributed by atoms with E-state index in [1.807, 2.05) is 0 Å². The van der Waals surface area contributed by atoms with Crippen LogP contribution in [0.25, 0.3) is 0 Å². The lowest BCUT2D eigenvalue weighted by molar-refractivity contribution is -0.197. The minimum Gasteiger partial charge on any atom is -0.462 e. The van der Waals surface area contributed by atoms with Crippen molar-refractivity contribution in [2.75, 3.05) is 0 Å². The first kappa shape index (κ1) is 18.8. The summed E-state index contributed by atoms with van der Waals surface area (Å²) >= 11 is 0. The van der Waals surface area contributed by atoms with Gasteiger partial charge in [0.1, 0.15) is 6.10 Å². The number of carbonyl (C=O) groups excluding carboxylic acids is 1. The van der Waals surface area contributed by atoms with Crippen molar-refractivity contribution in [3.63, 3.8) is 0 Å². The molecule has 0 aromatic rings. The van der Waals surface area contributed by atoms with Crippen LogP contribution in [0.1, 0.15) is 85.5 Å². The smallest absolute Gasteiger partial charge is 0.302 e. The molecule has 9 atom stereocenters. The van der Waals surface area contributed by atoms with Gasteiger partial charge in [0.25, 0.3) is 0 Å². The van der Waals surface area contributed by atoms with E-state index in [0.717, 1.165) is 43.9 Å². The third-order valence-electron chi connectivity index (χ3n) is 9.74. The summed E-state index contributed by atoms with van der Waals surface area (Å²) in [6.45, 7) is 8.83. The molecule has 0 aliphatic heterocycles. The van der Waals surface area contributed by atoms with Gasteiger partial charge in [-0.15, -0.1) is 0 Å². The fourth-order valence-corrected chi connectivity index (χ4v) is 8.49. The molecule has 4 aliphatic carbocycles. The minimum atomic E-state index is -0.101. The van der Waals surface area contributed by atoms with Crippen LogP contribution in [-0.4, -0.2) is 23.3 Å². The molecular weight excluding hydrogens is 324 g/mol. The van der Waals surface area contributed by atoms with Crippen LogP contribution in [0.4, 0.5) is 0 Å². The number of aliphatic hydroxyl groups is 1. The molecule has 4 fully saturated rings. The summed E-state index contributed by atoms with van der Waals surface area (Å²) in [7, 11) is 0. The van der Waals surface area contributed by atoms with Gasteiger partial charge < -0.3 is 9.84 Å². The van der Waals surface area contributed by atoms with Gasteiger partial charge in [0.15, 0.2) is 0 Å². The van der Waals surface area contributed by atoms with Gasteiger partial charge in [-0.2, -0.15) is 0 Å². The summed E-state index contributed by atoms with van der Waals surface area (Å²) in [5.41, 5.74) is 0.524. The van der Waals surface area contributed by atoms with Crippen LogP contribution < -0.4 is 0 Å². The van der Waals surface area contributed by atoms with E-state index in [1.165, 1.54) is 25.7 Å². The molecule has 0 radical (unpaired) electrons. The molecule has 0 amide bonds. The number of rotatable bonds is 2. The lowest BCUT2D eigenvalue weighted by atomic mass is 9.43. The van der Waals surface area contributed by atoms with Crippen LogP contribution in [-0.2, 0) is 9.53 Å². The van der Waals surface area contributed by atoms with Crippen molar-refractivity contribution in [2.24, 2.45) is 40.4 Å². The van der Waals surface area contributed by atoms with Gasteiger partial charge in [0, 0.05) is 12.3 Å². The highest BCUT2D eigenvalue weighted by atomic mass is 16.5. The molecule has 0 aromatic carbocycles. The number of ether oxygens (including phenoxy) is 1. The third kappa shape index (κ3) is 2.52. The summed E-state index contributed by atoms with van der Waals surface area (Å²) in [6.07, 6.45) is 10.5. The van der Waals surface area contributed by atoms with Crippen molar-refractivity contribution < 1.29 is 14.6 Å². The maximum absolute atomic E-state index is 12.0. The van der Waals surface area contributed by atoms with Gasteiger partial charge in [-0.05, 0) is 92.8 Å². The molecule has 3 nitrogen and oxygen atoms in total. The number of hydrogen-bond acceptors (Lipinski definition) is 3. The second-order valence-corrected chi connectivity index (χ2v) is 10.4. The van der Waals surface area contributed by atoms with E-state index < -0.39 is 0 Å². The zero-order chi connectivity index (χ0) is 18.7. The predicted octanol–water partition coefficient (Wildman–Crippen LogP) is 4.96. The number of aliphatic hydroxyl groups excluding tert-OH is 1. The van der Waals surface area contributed by atoms with Gasteiger partial charge in [-0.25, -0.2) is 0 Å². The van der Waals surface area contributed by atoms with Crippen molar-refractivity contribution in [3.8, 4) is 0 Å². The molecule has 0 spiro atoms. The van der Waals surface area contributed by atoms with Crippen LogP contribution in [0, 0.1) is 40.4 Å². The summed E-state index contributed by atoms with van der Waals surface area (Å²) in [4.78, 5) is 12.0. The largest absolute Gasteiger partial charge is 0.462 e. The Labute approximate surface area is 159 Å². The monoisotopic (exact) mass is 362 g/mol. The summed E-state index contributed by atoms with van der Waals surface area (Å²) in [5.74, 6) is 3.38. The Kier molecular flexibility index (Phi) is 4.69. The van der Waals surface area contributed by atoms with Crippen LogP contribution in [0.5, 0.6) is 0 Å². The first-order valence-electron chi connectivity index (χ1n) is 11.2. The SMILES string of the molecule is CCC12C(C)CCC1C1CCC3CC(O)CCC3(C)C1CC2OC(C)=O. The quantitative estimate of drug-likeness (QED) is 0.706. The fraction of sp³-hybridized carbons (Fsp3) is 0.957. The molecule has 26 heavy (non-hydrogen) atoms. The van der Waals surface area contributed by atoms with Crippen LogP contribution in [0.2, 0.25) is 0 Å². The zero-order valence-corrected chi connectivity index (χ0v) is 17.2. The first-order valence-corrected chi connectivity index (χ1v) is 11.2. The Morgan fingerprint density at radius 1 is 1.12 bits per heavy atom. The highest BCUT2D eigenvalue weighted by Crippen LogP contribution is 2.68. The van der Waals surface area contributed by atoms with E-state index in [4.69, 9.17) is 4.74 Å². The molecule has 3 heteroatoms. The molecule has 9 unspecified atom stereocenters. The van der Waals surface area contributed by atoms with Crippen LogP contribution >= 0.6 is 0 Å². The van der Waals surface area contributed by atoms with Gasteiger partial charge in [-0.1, -0.05) is 20.8 Å². The standard InChI is InChI=1S/C23H38O3/c1-5-23-14(2)6-9-19(23)18-8-7-16-12-17(25)10-11-22(16,4)20(18)13-21(23)26-15(3)24/h14,16-21,25H,5-13H2,1-4H3. The van der Waals surface area contributed by atoms with Crippen molar-refractivity contribution >= 4 is 5.97 Å². The maximum Gasteiger partial charge on any atom is 0.302 e. The molecule has 4 saturated carbocycles. The summed E-state index contributed by atoms with van der Waals surface area (Å²) in [6, 6.07) is 0. The van der Waals surface area contributed by atoms with Gasteiger partial charge in [0.2, 0.25) is 0 Å². The first-order chi connectivity index (χ1) is 12.3. The van der Waals surface area contributed by atoms with E-state index in [9.17, 15) is 9.90 Å². The Morgan fingerprint density at radius 2 is 1.88 bits per heavy atom. The predicted molar refractivity (Wildman–Crippen MR) is 102 cm³/mol. The Morgan fingerprint density at radius 3 is 2.58 bits per heavy atom.